The van der Waals surface area contributed by atoms with E-state index in [0.29, 0.717) is 0 Å². The summed E-state index contributed by atoms with van der Waals surface area (Å²) in [5.41, 5.74) is 1.27. The second-order valence-corrected chi connectivity index (χ2v) is 2.49. The molecule has 0 spiro atoms. The van der Waals surface area contributed by atoms with E-state index in [1.165, 1.54) is 5.47 Å². The SMILES string of the molecule is BC1=CC(=S)CC=C1. The van der Waals surface area contributed by atoms with Crippen molar-refractivity contribution in [3.05, 3.63) is 23.7 Å². The first-order valence-corrected chi connectivity index (χ1v) is 3.07. The normalized spacial score (nSPS) is 18.5. The molecule has 1 aliphatic rings. The third-order valence-corrected chi connectivity index (χ3v) is 1.37. The first kappa shape index (κ1) is 5.77. The molecule has 0 radical (unpaired) electrons. The summed E-state index contributed by atoms with van der Waals surface area (Å²) in [5, 5.41) is 0. The molecular formula is C6H7BS. The van der Waals surface area contributed by atoms with Gasteiger partial charge in [0.25, 0.3) is 0 Å². The molecule has 0 unspecified atom stereocenters. The van der Waals surface area contributed by atoms with Gasteiger partial charge in [-0.05, 0) is 0 Å². The lowest BCUT2D eigenvalue weighted by atomic mass is 9.91. The molecule has 0 aliphatic heterocycles. The van der Waals surface area contributed by atoms with E-state index in [4.69, 9.17) is 12.2 Å². The Kier molecular flexibility index (Phi) is 1.64. The van der Waals surface area contributed by atoms with Gasteiger partial charge in [0.05, 0.1) is 0 Å². The number of rotatable bonds is 0. The molecule has 0 saturated carbocycles. The Morgan fingerprint density at radius 3 is 2.75 bits per heavy atom. The Balaban J connectivity index is 2.77. The van der Waals surface area contributed by atoms with Crippen molar-refractivity contribution in [3.8, 4) is 0 Å². The summed E-state index contributed by atoms with van der Waals surface area (Å²) in [4.78, 5) is 1.05. The Morgan fingerprint density at radius 1 is 1.62 bits per heavy atom. The topological polar surface area (TPSA) is 0 Å². The summed E-state index contributed by atoms with van der Waals surface area (Å²) >= 11 is 4.96. The van der Waals surface area contributed by atoms with Crippen LogP contribution in [-0.4, -0.2) is 12.7 Å². The number of allylic oxidation sites excluding steroid dienone is 4. The van der Waals surface area contributed by atoms with Crippen LogP contribution in [0.15, 0.2) is 23.7 Å². The molecule has 1 rings (SSSR count). The molecule has 0 nitrogen and oxygen atoms in total. The fourth-order valence-electron chi connectivity index (χ4n) is 0.722. The molecule has 0 aromatic rings. The van der Waals surface area contributed by atoms with Gasteiger partial charge in [-0.25, -0.2) is 0 Å². The molecule has 1 aliphatic carbocycles. The summed E-state index contributed by atoms with van der Waals surface area (Å²) in [6, 6.07) is 0. The third kappa shape index (κ3) is 1.30. The molecule has 0 amide bonds. The fraction of sp³-hybridized carbons (Fsp3) is 0.167. The fourth-order valence-corrected chi connectivity index (χ4v) is 1.00. The summed E-state index contributed by atoms with van der Waals surface area (Å²) in [7, 11) is 2.06. The van der Waals surface area contributed by atoms with Gasteiger partial charge in [0, 0.05) is 11.3 Å². The number of hydrogen-bond donors (Lipinski definition) is 0. The van der Waals surface area contributed by atoms with Crippen LogP contribution in [0.2, 0.25) is 0 Å². The van der Waals surface area contributed by atoms with Crippen molar-refractivity contribution in [2.24, 2.45) is 0 Å². The molecular weight excluding hydrogens is 115 g/mol. The molecule has 0 heterocycles. The van der Waals surface area contributed by atoms with Crippen LogP contribution in [0.5, 0.6) is 0 Å². The van der Waals surface area contributed by atoms with Crippen molar-refractivity contribution in [1.82, 2.24) is 0 Å². The van der Waals surface area contributed by atoms with Gasteiger partial charge in [-0.3, -0.25) is 0 Å². The van der Waals surface area contributed by atoms with Crippen molar-refractivity contribution in [3.63, 3.8) is 0 Å². The highest BCUT2D eigenvalue weighted by Crippen LogP contribution is 2.03. The van der Waals surface area contributed by atoms with Gasteiger partial charge >= 0.3 is 0 Å². The smallest absolute Gasteiger partial charge is 0.0882 e. The highest BCUT2D eigenvalue weighted by molar-refractivity contribution is 7.80. The summed E-state index contributed by atoms with van der Waals surface area (Å²) in [5.74, 6) is 0. The van der Waals surface area contributed by atoms with Crippen LogP contribution in [0.3, 0.4) is 0 Å². The predicted octanol–water partition coefficient (Wildman–Crippen LogP) is 0.833. The van der Waals surface area contributed by atoms with Crippen molar-refractivity contribution in [1.29, 1.82) is 0 Å². The molecule has 0 bridgehead atoms. The van der Waals surface area contributed by atoms with Crippen molar-refractivity contribution >= 4 is 24.9 Å². The van der Waals surface area contributed by atoms with Crippen LogP contribution in [0.25, 0.3) is 0 Å². The zero-order valence-electron chi connectivity index (χ0n) is 4.85. The van der Waals surface area contributed by atoms with Crippen LogP contribution in [0.4, 0.5) is 0 Å². The molecule has 0 fully saturated rings. The molecule has 0 N–H and O–H groups in total. The summed E-state index contributed by atoms with van der Waals surface area (Å²) < 4.78 is 0. The first-order valence-electron chi connectivity index (χ1n) is 2.67. The molecule has 0 aromatic heterocycles. The minimum absolute atomic E-state index is 0.951. The second-order valence-electron chi connectivity index (χ2n) is 1.96. The van der Waals surface area contributed by atoms with E-state index in [1.54, 1.807) is 0 Å². The van der Waals surface area contributed by atoms with Crippen molar-refractivity contribution < 1.29 is 0 Å². The van der Waals surface area contributed by atoms with E-state index in [2.05, 4.69) is 20.0 Å². The van der Waals surface area contributed by atoms with Crippen molar-refractivity contribution in [2.75, 3.05) is 0 Å². The predicted molar refractivity (Wildman–Crippen MR) is 43.0 cm³/mol. The van der Waals surface area contributed by atoms with E-state index >= 15 is 0 Å². The van der Waals surface area contributed by atoms with E-state index < -0.39 is 0 Å². The second kappa shape index (κ2) is 2.27. The van der Waals surface area contributed by atoms with Crippen LogP contribution >= 0.6 is 12.2 Å². The monoisotopic (exact) mass is 122 g/mol. The zero-order valence-corrected chi connectivity index (χ0v) is 5.66. The van der Waals surface area contributed by atoms with E-state index in [0.717, 1.165) is 11.3 Å². The van der Waals surface area contributed by atoms with Gasteiger partial charge in [-0.15, -0.1) is 0 Å². The highest BCUT2D eigenvalue weighted by atomic mass is 32.1. The van der Waals surface area contributed by atoms with E-state index in [9.17, 15) is 0 Å². The van der Waals surface area contributed by atoms with Gasteiger partial charge in [0.2, 0.25) is 0 Å². The van der Waals surface area contributed by atoms with Gasteiger partial charge in [-0.2, -0.15) is 0 Å². The zero-order chi connectivity index (χ0) is 5.98. The number of thiocarbonyl (C=S) groups is 1. The van der Waals surface area contributed by atoms with E-state index in [1.807, 2.05) is 6.08 Å². The lowest BCUT2D eigenvalue weighted by Crippen LogP contribution is -1.93. The first-order chi connectivity index (χ1) is 3.79. The minimum atomic E-state index is 0.951. The molecule has 8 heavy (non-hydrogen) atoms. The molecule has 2 heteroatoms. The average molecular weight is 122 g/mol. The molecule has 0 aromatic carbocycles. The van der Waals surface area contributed by atoms with Crippen LogP contribution in [0.1, 0.15) is 6.42 Å². The van der Waals surface area contributed by atoms with Gasteiger partial charge in [0.1, 0.15) is 7.85 Å². The maximum absolute atomic E-state index is 4.96. The average Bonchev–Trinajstić information content (AvgIpc) is 1.64. The maximum Gasteiger partial charge on any atom is 0.139 e. The third-order valence-electron chi connectivity index (χ3n) is 1.09. The Morgan fingerprint density at radius 2 is 2.38 bits per heavy atom. The highest BCUT2D eigenvalue weighted by Gasteiger charge is 1.93. The lowest BCUT2D eigenvalue weighted by Gasteiger charge is -1.99. The van der Waals surface area contributed by atoms with Crippen LogP contribution < -0.4 is 0 Å². The quantitative estimate of drug-likeness (QED) is 0.338. The molecule has 40 valence electrons. The van der Waals surface area contributed by atoms with Crippen LogP contribution in [0, 0.1) is 0 Å². The largest absolute Gasteiger partial charge is 0.139 e. The van der Waals surface area contributed by atoms with Crippen molar-refractivity contribution in [2.45, 2.75) is 6.42 Å². The standard InChI is InChI=1S/C6H7BS/c7-5-2-1-3-6(8)4-5/h1-2,4H,3,7H2. The number of hydrogen-bond acceptors (Lipinski definition) is 1. The lowest BCUT2D eigenvalue weighted by molar-refractivity contribution is 1.49. The van der Waals surface area contributed by atoms with E-state index in [-0.39, 0.29) is 0 Å². The molecule has 0 atom stereocenters. The minimum Gasteiger partial charge on any atom is -0.0882 e. The molecule has 0 saturated heterocycles. The van der Waals surface area contributed by atoms with Gasteiger partial charge < -0.3 is 0 Å². The Bertz CT molecular complexity index is 167. The summed E-state index contributed by atoms with van der Waals surface area (Å²) in [6.45, 7) is 0. The van der Waals surface area contributed by atoms with Crippen LogP contribution in [-0.2, 0) is 0 Å². The van der Waals surface area contributed by atoms with Gasteiger partial charge in [0.15, 0.2) is 0 Å². The Labute approximate surface area is 55.7 Å². The Hall–Kier alpha value is -0.365. The van der Waals surface area contributed by atoms with Gasteiger partial charge in [-0.1, -0.05) is 35.9 Å². The summed E-state index contributed by atoms with van der Waals surface area (Å²) in [6.07, 6.45) is 7.18. The maximum atomic E-state index is 4.96.